The number of ether oxygens (including phenoxy) is 1. The highest BCUT2D eigenvalue weighted by atomic mass is 19.1. The third kappa shape index (κ3) is 3.64. The smallest absolute Gasteiger partial charge is 0.123 e. The number of benzene rings is 1. The predicted octanol–water partition coefficient (Wildman–Crippen LogP) is 4.23. The van der Waals surface area contributed by atoms with E-state index in [0.717, 1.165) is 24.1 Å². The monoisotopic (exact) mass is 293 g/mol. The summed E-state index contributed by atoms with van der Waals surface area (Å²) in [7, 11) is 0. The Balaban J connectivity index is 2.33. The van der Waals surface area contributed by atoms with Crippen molar-refractivity contribution >= 4 is 0 Å². The lowest BCUT2D eigenvalue weighted by molar-refractivity contribution is 0.0475. The average molecular weight is 293 g/mol. The van der Waals surface area contributed by atoms with E-state index in [-0.39, 0.29) is 24.1 Å². The molecule has 2 rings (SSSR count). The van der Waals surface area contributed by atoms with Crippen LogP contribution in [0.4, 0.5) is 4.39 Å². The van der Waals surface area contributed by atoms with Crippen LogP contribution < -0.4 is 5.32 Å². The third-order valence-corrected chi connectivity index (χ3v) is 4.74. The molecule has 1 aliphatic rings. The molecule has 0 aliphatic carbocycles. The second kappa shape index (κ2) is 6.89. The molecule has 1 heterocycles. The van der Waals surface area contributed by atoms with Gasteiger partial charge < -0.3 is 10.1 Å². The second-order valence-electron chi connectivity index (χ2n) is 6.48. The molecule has 1 fully saturated rings. The zero-order valence-electron chi connectivity index (χ0n) is 13.8. The Hall–Kier alpha value is -0.930. The van der Waals surface area contributed by atoms with Gasteiger partial charge in [0.15, 0.2) is 0 Å². The van der Waals surface area contributed by atoms with Crippen LogP contribution in [-0.4, -0.2) is 18.8 Å². The lowest BCUT2D eigenvalue weighted by Crippen LogP contribution is -2.35. The van der Waals surface area contributed by atoms with Crippen molar-refractivity contribution in [2.45, 2.75) is 59.3 Å². The Bertz CT molecular complexity index is 456. The van der Waals surface area contributed by atoms with Crippen molar-refractivity contribution in [3.05, 3.63) is 35.1 Å². The van der Waals surface area contributed by atoms with Crippen LogP contribution in [0, 0.1) is 24.6 Å². The molecule has 1 aliphatic heterocycles. The number of nitrogens with one attached hydrogen (secondary N) is 1. The SMILES string of the molecule is CCCNC(c1cc(C)cc(F)c1)C1C(C)OC(C)C1C. The summed E-state index contributed by atoms with van der Waals surface area (Å²) in [5.41, 5.74) is 2.02. The van der Waals surface area contributed by atoms with E-state index in [4.69, 9.17) is 4.74 Å². The van der Waals surface area contributed by atoms with Gasteiger partial charge in [-0.05, 0) is 62.9 Å². The molecule has 0 saturated carbocycles. The number of hydrogen-bond donors (Lipinski definition) is 1. The zero-order chi connectivity index (χ0) is 15.6. The van der Waals surface area contributed by atoms with Gasteiger partial charge in [-0.1, -0.05) is 19.9 Å². The van der Waals surface area contributed by atoms with Crippen LogP contribution in [0.25, 0.3) is 0 Å². The maximum Gasteiger partial charge on any atom is 0.123 e. The molecule has 118 valence electrons. The largest absolute Gasteiger partial charge is 0.375 e. The van der Waals surface area contributed by atoms with E-state index < -0.39 is 0 Å². The van der Waals surface area contributed by atoms with Crippen molar-refractivity contribution in [2.75, 3.05) is 6.54 Å². The first-order valence-corrected chi connectivity index (χ1v) is 8.10. The number of halogens is 1. The molecule has 2 nitrogen and oxygen atoms in total. The highest BCUT2D eigenvalue weighted by Crippen LogP contribution is 2.40. The van der Waals surface area contributed by atoms with Crippen molar-refractivity contribution in [1.29, 1.82) is 0 Å². The molecule has 5 unspecified atom stereocenters. The minimum Gasteiger partial charge on any atom is -0.375 e. The topological polar surface area (TPSA) is 21.3 Å². The molecule has 1 saturated heterocycles. The Morgan fingerprint density at radius 1 is 1.19 bits per heavy atom. The van der Waals surface area contributed by atoms with Gasteiger partial charge in [0.1, 0.15) is 5.82 Å². The quantitative estimate of drug-likeness (QED) is 0.877. The minimum absolute atomic E-state index is 0.147. The lowest BCUT2D eigenvalue weighted by atomic mass is 9.80. The lowest BCUT2D eigenvalue weighted by Gasteiger charge is -2.30. The van der Waals surface area contributed by atoms with Gasteiger partial charge in [-0.3, -0.25) is 0 Å². The van der Waals surface area contributed by atoms with E-state index in [1.54, 1.807) is 12.1 Å². The second-order valence-corrected chi connectivity index (χ2v) is 6.48. The van der Waals surface area contributed by atoms with Gasteiger partial charge in [0.05, 0.1) is 12.2 Å². The van der Waals surface area contributed by atoms with Crippen LogP contribution in [0.15, 0.2) is 18.2 Å². The van der Waals surface area contributed by atoms with Crippen LogP contribution >= 0.6 is 0 Å². The van der Waals surface area contributed by atoms with E-state index in [2.05, 4.69) is 39.1 Å². The van der Waals surface area contributed by atoms with Gasteiger partial charge in [-0.15, -0.1) is 0 Å². The molecule has 21 heavy (non-hydrogen) atoms. The zero-order valence-corrected chi connectivity index (χ0v) is 13.8. The van der Waals surface area contributed by atoms with Crippen molar-refractivity contribution in [3.8, 4) is 0 Å². The number of hydrogen-bond acceptors (Lipinski definition) is 2. The van der Waals surface area contributed by atoms with E-state index in [1.165, 1.54) is 0 Å². The molecular formula is C18H28FNO. The Morgan fingerprint density at radius 3 is 2.43 bits per heavy atom. The molecule has 1 aromatic carbocycles. The van der Waals surface area contributed by atoms with Gasteiger partial charge in [0.2, 0.25) is 0 Å². The summed E-state index contributed by atoms with van der Waals surface area (Å²) in [6.07, 6.45) is 1.51. The predicted molar refractivity (Wildman–Crippen MR) is 84.8 cm³/mol. The highest BCUT2D eigenvalue weighted by molar-refractivity contribution is 5.27. The molecule has 0 aromatic heterocycles. The average Bonchev–Trinajstić information content (AvgIpc) is 2.64. The number of aryl methyl sites for hydroxylation is 1. The normalized spacial score (nSPS) is 30.6. The molecule has 3 heteroatoms. The summed E-state index contributed by atoms with van der Waals surface area (Å²) in [6, 6.07) is 5.50. The molecule has 5 atom stereocenters. The molecule has 0 radical (unpaired) electrons. The maximum atomic E-state index is 13.8. The van der Waals surface area contributed by atoms with Crippen LogP contribution in [0.2, 0.25) is 0 Å². The summed E-state index contributed by atoms with van der Waals surface area (Å²) in [6.45, 7) is 11.5. The molecule has 0 bridgehead atoms. The third-order valence-electron chi connectivity index (χ3n) is 4.74. The molecule has 1 N–H and O–H groups in total. The first kappa shape index (κ1) is 16.4. The van der Waals surface area contributed by atoms with Crippen molar-refractivity contribution in [2.24, 2.45) is 11.8 Å². The van der Waals surface area contributed by atoms with Crippen LogP contribution in [0.3, 0.4) is 0 Å². The first-order chi connectivity index (χ1) is 9.93. The fourth-order valence-electron chi connectivity index (χ4n) is 3.59. The van der Waals surface area contributed by atoms with Gasteiger partial charge in [-0.25, -0.2) is 4.39 Å². The van der Waals surface area contributed by atoms with Gasteiger partial charge in [0, 0.05) is 12.0 Å². The first-order valence-electron chi connectivity index (χ1n) is 8.10. The summed E-state index contributed by atoms with van der Waals surface area (Å²) >= 11 is 0. The van der Waals surface area contributed by atoms with Crippen LogP contribution in [0.1, 0.15) is 51.3 Å². The molecular weight excluding hydrogens is 265 g/mol. The Morgan fingerprint density at radius 2 is 1.90 bits per heavy atom. The number of rotatable bonds is 5. The van der Waals surface area contributed by atoms with E-state index in [0.29, 0.717) is 11.8 Å². The van der Waals surface area contributed by atoms with Gasteiger partial charge in [0.25, 0.3) is 0 Å². The van der Waals surface area contributed by atoms with E-state index >= 15 is 0 Å². The summed E-state index contributed by atoms with van der Waals surface area (Å²) in [5.74, 6) is 0.672. The summed E-state index contributed by atoms with van der Waals surface area (Å²) in [4.78, 5) is 0. The molecule has 1 aromatic rings. The van der Waals surface area contributed by atoms with Crippen molar-refractivity contribution in [1.82, 2.24) is 5.32 Å². The van der Waals surface area contributed by atoms with E-state index in [9.17, 15) is 4.39 Å². The van der Waals surface area contributed by atoms with Gasteiger partial charge in [-0.2, -0.15) is 0 Å². The Kier molecular flexibility index (Phi) is 5.39. The van der Waals surface area contributed by atoms with Crippen molar-refractivity contribution < 1.29 is 9.13 Å². The van der Waals surface area contributed by atoms with Gasteiger partial charge >= 0.3 is 0 Å². The molecule has 0 spiro atoms. The summed E-state index contributed by atoms with van der Waals surface area (Å²) < 4.78 is 19.8. The minimum atomic E-state index is -0.152. The highest BCUT2D eigenvalue weighted by Gasteiger charge is 2.42. The Labute approximate surface area is 128 Å². The maximum absolute atomic E-state index is 13.8. The molecule has 0 amide bonds. The fraction of sp³-hybridized carbons (Fsp3) is 0.667. The van der Waals surface area contributed by atoms with Crippen molar-refractivity contribution in [3.63, 3.8) is 0 Å². The fourth-order valence-corrected chi connectivity index (χ4v) is 3.59. The summed E-state index contributed by atoms with van der Waals surface area (Å²) in [5, 5.41) is 3.62. The van der Waals surface area contributed by atoms with E-state index in [1.807, 2.05) is 6.92 Å². The van der Waals surface area contributed by atoms with Crippen LogP contribution in [0.5, 0.6) is 0 Å². The standard InChI is InChI=1S/C18H28FNO/c1-6-7-20-18(15-8-11(2)9-16(19)10-15)17-12(3)13(4)21-14(17)5/h8-10,12-14,17-18,20H,6-7H2,1-5H3. The van der Waals surface area contributed by atoms with Crippen LogP contribution in [-0.2, 0) is 4.74 Å².